The highest BCUT2D eigenvalue weighted by molar-refractivity contribution is 6.30. The van der Waals surface area contributed by atoms with Crippen molar-refractivity contribution in [3.8, 4) is 0 Å². The Hall–Kier alpha value is -1.06. The molecule has 1 aromatic carbocycles. The van der Waals surface area contributed by atoms with Gasteiger partial charge in [-0.3, -0.25) is 4.79 Å². The van der Waals surface area contributed by atoms with Gasteiger partial charge in [0.15, 0.2) is 0 Å². The van der Waals surface area contributed by atoms with Crippen molar-refractivity contribution < 1.29 is 4.79 Å². The standard InChI is InChI=1S/C15H21ClN2O/c1-3-8-15(2,17)14(19)18-13-7-4-10-9-11(16)5-6-12(10)13/h5-6,9,13H,3-4,7-8,17H2,1-2H3,(H,18,19). The molecule has 1 amide bonds. The van der Waals surface area contributed by atoms with Crippen molar-refractivity contribution in [3.63, 3.8) is 0 Å². The fourth-order valence-electron chi connectivity index (χ4n) is 2.69. The van der Waals surface area contributed by atoms with Gasteiger partial charge in [-0.2, -0.15) is 0 Å². The highest BCUT2D eigenvalue weighted by atomic mass is 35.5. The average Bonchev–Trinajstić information content (AvgIpc) is 2.71. The van der Waals surface area contributed by atoms with Crippen molar-refractivity contribution >= 4 is 17.5 Å². The molecule has 0 saturated heterocycles. The van der Waals surface area contributed by atoms with E-state index in [0.29, 0.717) is 6.42 Å². The molecule has 2 atom stereocenters. The topological polar surface area (TPSA) is 55.1 Å². The molecule has 1 aliphatic carbocycles. The number of hydrogen-bond donors (Lipinski definition) is 2. The number of fused-ring (bicyclic) bond motifs is 1. The molecule has 0 bridgehead atoms. The van der Waals surface area contributed by atoms with Crippen molar-refractivity contribution in [1.29, 1.82) is 0 Å². The smallest absolute Gasteiger partial charge is 0.240 e. The molecule has 3 N–H and O–H groups in total. The lowest BCUT2D eigenvalue weighted by Gasteiger charge is -2.25. The van der Waals surface area contributed by atoms with Crippen LogP contribution in [0.4, 0.5) is 0 Å². The molecule has 19 heavy (non-hydrogen) atoms. The molecule has 0 aromatic heterocycles. The lowest BCUT2D eigenvalue weighted by Crippen LogP contribution is -2.52. The maximum atomic E-state index is 12.2. The van der Waals surface area contributed by atoms with Gasteiger partial charge in [-0.05, 0) is 49.4 Å². The van der Waals surface area contributed by atoms with Gasteiger partial charge in [0.2, 0.25) is 5.91 Å². The van der Waals surface area contributed by atoms with Crippen molar-refractivity contribution in [2.45, 2.75) is 51.1 Å². The summed E-state index contributed by atoms with van der Waals surface area (Å²) in [5.41, 5.74) is 7.67. The zero-order valence-electron chi connectivity index (χ0n) is 11.5. The average molecular weight is 281 g/mol. The van der Waals surface area contributed by atoms with Crippen LogP contribution in [0.25, 0.3) is 0 Å². The maximum Gasteiger partial charge on any atom is 0.240 e. The number of aryl methyl sites for hydroxylation is 1. The fraction of sp³-hybridized carbons (Fsp3) is 0.533. The Morgan fingerprint density at radius 1 is 1.58 bits per heavy atom. The van der Waals surface area contributed by atoms with E-state index in [2.05, 4.69) is 5.32 Å². The second kappa shape index (κ2) is 5.51. The third-order valence-electron chi connectivity index (χ3n) is 3.78. The van der Waals surface area contributed by atoms with Crippen LogP contribution in [0, 0.1) is 0 Å². The minimum absolute atomic E-state index is 0.0675. The first-order chi connectivity index (χ1) is 8.94. The first-order valence-electron chi connectivity index (χ1n) is 6.82. The lowest BCUT2D eigenvalue weighted by atomic mass is 9.95. The number of amides is 1. The highest BCUT2D eigenvalue weighted by Crippen LogP contribution is 2.33. The summed E-state index contributed by atoms with van der Waals surface area (Å²) in [5, 5.41) is 3.82. The SMILES string of the molecule is CCCC(C)(N)C(=O)NC1CCc2cc(Cl)ccc21. The molecule has 104 valence electrons. The van der Waals surface area contributed by atoms with Gasteiger partial charge in [-0.1, -0.05) is 31.0 Å². The van der Waals surface area contributed by atoms with E-state index in [-0.39, 0.29) is 11.9 Å². The third kappa shape index (κ3) is 3.10. The van der Waals surface area contributed by atoms with Crippen LogP contribution in [0.3, 0.4) is 0 Å². The van der Waals surface area contributed by atoms with Crippen LogP contribution in [-0.2, 0) is 11.2 Å². The van der Waals surface area contributed by atoms with E-state index in [1.807, 2.05) is 25.1 Å². The Balaban J connectivity index is 2.09. The van der Waals surface area contributed by atoms with Crippen molar-refractivity contribution in [1.82, 2.24) is 5.32 Å². The van der Waals surface area contributed by atoms with Gasteiger partial charge >= 0.3 is 0 Å². The number of hydrogen-bond acceptors (Lipinski definition) is 2. The maximum absolute atomic E-state index is 12.2. The van der Waals surface area contributed by atoms with Crippen LogP contribution in [0.5, 0.6) is 0 Å². The van der Waals surface area contributed by atoms with E-state index in [4.69, 9.17) is 17.3 Å². The molecule has 1 aliphatic rings. The zero-order chi connectivity index (χ0) is 14.0. The Morgan fingerprint density at radius 3 is 3.00 bits per heavy atom. The molecule has 0 radical (unpaired) electrons. The van der Waals surface area contributed by atoms with Crippen LogP contribution in [0.2, 0.25) is 5.02 Å². The van der Waals surface area contributed by atoms with E-state index in [9.17, 15) is 4.79 Å². The van der Waals surface area contributed by atoms with Crippen LogP contribution in [0.15, 0.2) is 18.2 Å². The first-order valence-corrected chi connectivity index (χ1v) is 7.20. The fourth-order valence-corrected chi connectivity index (χ4v) is 2.89. The van der Waals surface area contributed by atoms with Gasteiger partial charge < -0.3 is 11.1 Å². The van der Waals surface area contributed by atoms with Gasteiger partial charge in [-0.25, -0.2) is 0 Å². The van der Waals surface area contributed by atoms with Gasteiger partial charge in [-0.15, -0.1) is 0 Å². The number of carbonyl (C=O) groups excluding carboxylic acids is 1. The van der Waals surface area contributed by atoms with E-state index >= 15 is 0 Å². The molecule has 4 heteroatoms. The highest BCUT2D eigenvalue weighted by Gasteiger charge is 2.31. The van der Waals surface area contributed by atoms with Crippen LogP contribution in [-0.4, -0.2) is 11.4 Å². The second-order valence-corrected chi connectivity index (χ2v) is 6.01. The molecule has 0 heterocycles. The largest absolute Gasteiger partial charge is 0.348 e. The number of benzene rings is 1. The summed E-state index contributed by atoms with van der Waals surface area (Å²) in [4.78, 5) is 12.2. The van der Waals surface area contributed by atoms with Gasteiger partial charge in [0.05, 0.1) is 11.6 Å². The molecular formula is C15H21ClN2O. The summed E-state index contributed by atoms with van der Waals surface area (Å²) in [6.45, 7) is 3.83. The minimum atomic E-state index is -0.788. The van der Waals surface area contributed by atoms with Crippen LogP contribution in [0.1, 0.15) is 50.3 Å². The predicted molar refractivity (Wildman–Crippen MR) is 78.2 cm³/mol. The zero-order valence-corrected chi connectivity index (χ0v) is 12.3. The summed E-state index contributed by atoms with van der Waals surface area (Å²) in [5.74, 6) is -0.0675. The Kier molecular flexibility index (Phi) is 4.16. The lowest BCUT2D eigenvalue weighted by molar-refractivity contribution is -0.126. The monoisotopic (exact) mass is 280 g/mol. The molecule has 0 saturated carbocycles. The van der Waals surface area contributed by atoms with E-state index in [1.54, 1.807) is 6.92 Å². The van der Waals surface area contributed by atoms with E-state index < -0.39 is 5.54 Å². The quantitative estimate of drug-likeness (QED) is 0.891. The molecule has 0 fully saturated rings. The summed E-state index contributed by atoms with van der Waals surface area (Å²) in [7, 11) is 0. The number of halogens is 1. The van der Waals surface area contributed by atoms with Crippen molar-refractivity contribution in [2.75, 3.05) is 0 Å². The first kappa shape index (κ1) is 14.4. The molecule has 2 rings (SSSR count). The molecule has 1 aromatic rings. The van der Waals surface area contributed by atoms with Crippen LogP contribution >= 0.6 is 11.6 Å². The second-order valence-electron chi connectivity index (χ2n) is 5.58. The predicted octanol–water partition coefficient (Wildman–Crippen LogP) is 2.96. The molecule has 0 spiro atoms. The van der Waals surface area contributed by atoms with Gasteiger partial charge in [0.25, 0.3) is 0 Å². The molecule has 2 unspecified atom stereocenters. The molecule has 3 nitrogen and oxygen atoms in total. The number of nitrogens with one attached hydrogen (secondary N) is 1. The minimum Gasteiger partial charge on any atom is -0.348 e. The Bertz CT molecular complexity index is 485. The number of carbonyl (C=O) groups is 1. The normalized spacial score (nSPS) is 20.7. The molecular weight excluding hydrogens is 260 g/mol. The van der Waals surface area contributed by atoms with E-state index in [0.717, 1.165) is 24.3 Å². The van der Waals surface area contributed by atoms with Gasteiger partial charge in [0.1, 0.15) is 0 Å². The third-order valence-corrected chi connectivity index (χ3v) is 4.01. The molecule has 0 aliphatic heterocycles. The van der Waals surface area contributed by atoms with E-state index in [1.165, 1.54) is 11.1 Å². The Labute approximate surface area is 119 Å². The summed E-state index contributed by atoms with van der Waals surface area (Å²) < 4.78 is 0. The Morgan fingerprint density at radius 2 is 2.32 bits per heavy atom. The van der Waals surface area contributed by atoms with Crippen molar-refractivity contribution in [3.05, 3.63) is 34.3 Å². The van der Waals surface area contributed by atoms with Crippen molar-refractivity contribution in [2.24, 2.45) is 5.73 Å². The summed E-state index contributed by atoms with van der Waals surface area (Å²) >= 11 is 5.98. The number of nitrogens with two attached hydrogens (primary N) is 1. The summed E-state index contributed by atoms with van der Waals surface area (Å²) in [6, 6.07) is 5.93. The van der Waals surface area contributed by atoms with Crippen LogP contribution < -0.4 is 11.1 Å². The number of rotatable bonds is 4. The van der Waals surface area contributed by atoms with Gasteiger partial charge in [0, 0.05) is 5.02 Å². The summed E-state index contributed by atoms with van der Waals surface area (Å²) in [6.07, 6.45) is 3.47.